The standard InChI is InChI=1S/C14H9BrS/c15-16-14-12-7-3-1-5-10(12)9-11-6-2-4-8-13(11)14/h1-9H. The number of rotatable bonds is 1. The molecule has 3 rings (SSSR count). The Morgan fingerprint density at radius 1 is 0.750 bits per heavy atom. The van der Waals surface area contributed by atoms with Crippen molar-refractivity contribution < 1.29 is 0 Å². The molecule has 0 atom stereocenters. The Hall–Kier alpha value is -0.990. The fourth-order valence-corrected chi connectivity index (χ4v) is 3.64. The molecule has 0 fully saturated rings. The van der Waals surface area contributed by atoms with Crippen molar-refractivity contribution >= 4 is 46.6 Å². The fourth-order valence-electron chi connectivity index (χ4n) is 2.06. The molecule has 0 radical (unpaired) electrons. The number of halogens is 1. The SMILES string of the molecule is BrSc1c2ccccc2cc2ccccc12. The van der Waals surface area contributed by atoms with Gasteiger partial charge in [0.25, 0.3) is 0 Å². The van der Waals surface area contributed by atoms with E-state index in [0.717, 1.165) is 0 Å². The van der Waals surface area contributed by atoms with Gasteiger partial charge in [0.2, 0.25) is 0 Å². The monoisotopic (exact) mass is 288 g/mol. The predicted octanol–water partition coefficient (Wildman–Crippen LogP) is 5.40. The van der Waals surface area contributed by atoms with E-state index in [4.69, 9.17) is 0 Å². The zero-order valence-electron chi connectivity index (χ0n) is 8.48. The Kier molecular flexibility index (Phi) is 2.62. The van der Waals surface area contributed by atoms with Crippen molar-refractivity contribution in [2.24, 2.45) is 0 Å². The second kappa shape index (κ2) is 4.11. The van der Waals surface area contributed by atoms with Crippen molar-refractivity contribution in [3.8, 4) is 0 Å². The number of hydrogen-bond donors (Lipinski definition) is 0. The summed E-state index contributed by atoms with van der Waals surface area (Å²) in [5, 5.41) is 5.21. The van der Waals surface area contributed by atoms with Gasteiger partial charge in [0.15, 0.2) is 0 Å². The smallest absolute Gasteiger partial charge is 0.0345 e. The topological polar surface area (TPSA) is 0 Å². The van der Waals surface area contributed by atoms with Gasteiger partial charge in [-0.3, -0.25) is 0 Å². The molecule has 0 aliphatic heterocycles. The van der Waals surface area contributed by atoms with Crippen LogP contribution in [0.1, 0.15) is 0 Å². The maximum absolute atomic E-state index is 3.52. The summed E-state index contributed by atoms with van der Waals surface area (Å²) < 4.78 is 0. The summed E-state index contributed by atoms with van der Waals surface area (Å²) in [6.45, 7) is 0. The van der Waals surface area contributed by atoms with E-state index in [9.17, 15) is 0 Å². The molecule has 2 heteroatoms. The number of benzene rings is 3. The van der Waals surface area contributed by atoms with E-state index in [0.29, 0.717) is 0 Å². The molecule has 3 aromatic rings. The first-order chi connectivity index (χ1) is 7.90. The van der Waals surface area contributed by atoms with Crippen LogP contribution in [-0.4, -0.2) is 0 Å². The van der Waals surface area contributed by atoms with Crippen LogP contribution in [0.4, 0.5) is 0 Å². The molecule has 0 nitrogen and oxygen atoms in total. The molecule has 0 N–H and O–H groups in total. The minimum absolute atomic E-state index is 1.29. The average Bonchev–Trinajstić information content (AvgIpc) is 2.36. The Labute approximate surface area is 106 Å². The quantitative estimate of drug-likeness (QED) is 0.541. The molecular weight excluding hydrogens is 280 g/mol. The van der Waals surface area contributed by atoms with Crippen LogP contribution >= 0.6 is 25.0 Å². The maximum Gasteiger partial charge on any atom is 0.0345 e. The highest BCUT2D eigenvalue weighted by atomic mass is 79.9. The molecule has 0 heterocycles. The van der Waals surface area contributed by atoms with E-state index in [1.807, 2.05) is 0 Å². The highest BCUT2D eigenvalue weighted by molar-refractivity contribution is 9.50. The lowest BCUT2D eigenvalue weighted by atomic mass is 10.0. The molecule has 0 bridgehead atoms. The lowest BCUT2D eigenvalue weighted by Crippen LogP contribution is -1.80. The predicted molar refractivity (Wildman–Crippen MR) is 76.2 cm³/mol. The number of hydrogen-bond acceptors (Lipinski definition) is 1. The minimum atomic E-state index is 1.29. The van der Waals surface area contributed by atoms with Gasteiger partial charge in [-0.25, -0.2) is 0 Å². The van der Waals surface area contributed by atoms with Crippen LogP contribution in [0.15, 0.2) is 59.5 Å². The Morgan fingerprint density at radius 2 is 1.25 bits per heavy atom. The summed E-state index contributed by atoms with van der Waals surface area (Å²) in [5.41, 5.74) is 0. The third kappa shape index (κ3) is 1.53. The van der Waals surface area contributed by atoms with Gasteiger partial charge < -0.3 is 0 Å². The van der Waals surface area contributed by atoms with E-state index < -0.39 is 0 Å². The van der Waals surface area contributed by atoms with Crippen molar-refractivity contribution in [1.29, 1.82) is 0 Å². The average molecular weight is 289 g/mol. The highest BCUT2D eigenvalue weighted by Gasteiger charge is 2.05. The first-order valence-electron chi connectivity index (χ1n) is 5.09. The van der Waals surface area contributed by atoms with Crippen molar-refractivity contribution in [2.75, 3.05) is 0 Å². The molecule has 0 amide bonds. The fraction of sp³-hybridized carbons (Fsp3) is 0. The maximum atomic E-state index is 3.52. The third-order valence-corrected chi connectivity index (χ3v) is 4.36. The Bertz CT molecular complexity index is 607. The second-order valence-corrected chi connectivity index (χ2v) is 5.26. The first kappa shape index (κ1) is 10.2. The van der Waals surface area contributed by atoms with Gasteiger partial charge >= 0.3 is 0 Å². The van der Waals surface area contributed by atoms with Crippen molar-refractivity contribution in [2.45, 2.75) is 4.90 Å². The summed E-state index contributed by atoms with van der Waals surface area (Å²) in [4.78, 5) is 1.30. The molecule has 0 saturated carbocycles. The molecule has 78 valence electrons. The summed E-state index contributed by atoms with van der Waals surface area (Å²) in [6, 6.07) is 19.3. The molecular formula is C14H9BrS. The molecule has 0 aliphatic carbocycles. The van der Waals surface area contributed by atoms with Crippen LogP contribution in [0.25, 0.3) is 21.5 Å². The third-order valence-electron chi connectivity index (χ3n) is 2.80. The van der Waals surface area contributed by atoms with Gasteiger partial charge in [-0.2, -0.15) is 0 Å². The summed E-state index contributed by atoms with van der Waals surface area (Å²) in [7, 11) is 1.64. The Balaban J connectivity index is 2.56. The first-order valence-corrected chi connectivity index (χ1v) is 7.75. The lowest BCUT2D eigenvalue weighted by Gasteiger charge is -2.07. The van der Waals surface area contributed by atoms with Crippen LogP contribution in [0.5, 0.6) is 0 Å². The van der Waals surface area contributed by atoms with Gasteiger partial charge in [0.05, 0.1) is 0 Å². The van der Waals surface area contributed by atoms with Gasteiger partial charge in [-0.05, 0) is 52.6 Å². The van der Waals surface area contributed by atoms with Crippen LogP contribution in [0.2, 0.25) is 0 Å². The van der Waals surface area contributed by atoms with Crippen LogP contribution in [-0.2, 0) is 0 Å². The van der Waals surface area contributed by atoms with Gasteiger partial charge in [-0.15, -0.1) is 0 Å². The van der Waals surface area contributed by atoms with E-state index in [1.165, 1.54) is 26.4 Å². The molecule has 0 saturated heterocycles. The molecule has 3 aromatic carbocycles. The lowest BCUT2D eigenvalue weighted by molar-refractivity contribution is 1.63. The van der Waals surface area contributed by atoms with E-state index >= 15 is 0 Å². The summed E-state index contributed by atoms with van der Waals surface area (Å²) in [5.74, 6) is 0. The van der Waals surface area contributed by atoms with Crippen molar-refractivity contribution in [3.63, 3.8) is 0 Å². The zero-order valence-corrected chi connectivity index (χ0v) is 10.9. The molecule has 0 spiro atoms. The normalized spacial score (nSPS) is 11.1. The number of fused-ring (bicyclic) bond motifs is 2. The van der Waals surface area contributed by atoms with Crippen LogP contribution in [0.3, 0.4) is 0 Å². The van der Waals surface area contributed by atoms with Gasteiger partial charge in [0.1, 0.15) is 0 Å². The summed E-state index contributed by atoms with van der Waals surface area (Å²) >= 11 is 3.52. The van der Waals surface area contributed by atoms with E-state index in [2.05, 4.69) is 69.4 Å². The second-order valence-electron chi connectivity index (χ2n) is 3.73. The van der Waals surface area contributed by atoms with Gasteiger partial charge in [0, 0.05) is 4.90 Å². The Morgan fingerprint density at radius 3 is 1.75 bits per heavy atom. The molecule has 0 aromatic heterocycles. The zero-order chi connectivity index (χ0) is 11.0. The summed E-state index contributed by atoms with van der Waals surface area (Å²) in [6.07, 6.45) is 0. The van der Waals surface area contributed by atoms with Crippen LogP contribution < -0.4 is 0 Å². The molecule has 16 heavy (non-hydrogen) atoms. The van der Waals surface area contributed by atoms with E-state index in [-0.39, 0.29) is 0 Å². The van der Waals surface area contributed by atoms with Crippen molar-refractivity contribution in [1.82, 2.24) is 0 Å². The van der Waals surface area contributed by atoms with Gasteiger partial charge in [-0.1, -0.05) is 48.5 Å². The largest absolute Gasteiger partial charge is 0.0616 e. The molecule has 0 aliphatic rings. The molecule has 0 unspecified atom stereocenters. The van der Waals surface area contributed by atoms with E-state index in [1.54, 1.807) is 10.2 Å². The van der Waals surface area contributed by atoms with Crippen LogP contribution in [0, 0.1) is 0 Å². The van der Waals surface area contributed by atoms with Crippen molar-refractivity contribution in [3.05, 3.63) is 54.6 Å². The highest BCUT2D eigenvalue weighted by Crippen LogP contribution is 2.38. The minimum Gasteiger partial charge on any atom is -0.0616 e.